The van der Waals surface area contributed by atoms with Crippen LogP contribution in [0.15, 0.2) is 4.99 Å². The lowest BCUT2D eigenvalue weighted by Gasteiger charge is -2.37. The van der Waals surface area contributed by atoms with Crippen molar-refractivity contribution in [3.05, 3.63) is 0 Å². The average molecular weight is 352 g/mol. The van der Waals surface area contributed by atoms with E-state index in [0.29, 0.717) is 11.5 Å². The van der Waals surface area contributed by atoms with E-state index < -0.39 is 0 Å². The fourth-order valence-corrected chi connectivity index (χ4v) is 4.23. The Labute approximate surface area is 155 Å². The van der Waals surface area contributed by atoms with Crippen LogP contribution in [-0.4, -0.2) is 74.2 Å². The van der Waals surface area contributed by atoms with E-state index >= 15 is 0 Å². The second-order valence-electron chi connectivity index (χ2n) is 7.96. The quantitative estimate of drug-likeness (QED) is 0.521. The van der Waals surface area contributed by atoms with E-state index in [4.69, 9.17) is 4.99 Å². The van der Waals surface area contributed by atoms with Gasteiger partial charge in [0.2, 0.25) is 0 Å². The zero-order valence-electron chi connectivity index (χ0n) is 17.1. The number of hydrogen-bond donors (Lipinski definition) is 2. The second kappa shape index (κ2) is 10.4. The summed E-state index contributed by atoms with van der Waals surface area (Å²) >= 11 is 0. The molecule has 0 aromatic carbocycles. The van der Waals surface area contributed by atoms with Gasteiger partial charge in [0.15, 0.2) is 5.96 Å². The Morgan fingerprint density at radius 3 is 2.28 bits per heavy atom. The van der Waals surface area contributed by atoms with Crippen molar-refractivity contribution in [2.24, 2.45) is 10.4 Å². The first-order valence-electron chi connectivity index (χ1n) is 10.6. The van der Waals surface area contributed by atoms with Crippen LogP contribution in [0.5, 0.6) is 0 Å². The molecule has 2 fully saturated rings. The van der Waals surface area contributed by atoms with Gasteiger partial charge in [-0.1, -0.05) is 26.7 Å². The van der Waals surface area contributed by atoms with E-state index in [9.17, 15) is 0 Å². The maximum Gasteiger partial charge on any atom is 0.191 e. The number of guanidine groups is 1. The third kappa shape index (κ3) is 6.14. The van der Waals surface area contributed by atoms with E-state index in [1.807, 2.05) is 0 Å². The Morgan fingerprint density at radius 1 is 1.04 bits per heavy atom. The van der Waals surface area contributed by atoms with E-state index in [-0.39, 0.29) is 0 Å². The highest BCUT2D eigenvalue weighted by molar-refractivity contribution is 5.79. The molecule has 146 valence electrons. The van der Waals surface area contributed by atoms with E-state index in [2.05, 4.69) is 48.1 Å². The van der Waals surface area contributed by atoms with Gasteiger partial charge in [0, 0.05) is 51.9 Å². The standard InChI is InChI=1S/C20H41N5/c1-5-20(10-8-9-11-20)17-23-19(21-6-2)22-16-18(4)25-14-12-24(7-3)13-15-25/h18H,5-17H2,1-4H3,(H2,21,22,23). The molecular weight excluding hydrogens is 310 g/mol. The lowest BCUT2D eigenvalue weighted by Crippen LogP contribution is -2.53. The summed E-state index contributed by atoms with van der Waals surface area (Å²) in [5, 5.41) is 7.03. The molecule has 5 nitrogen and oxygen atoms in total. The minimum Gasteiger partial charge on any atom is -0.357 e. The molecular formula is C20H41N5. The molecule has 1 aliphatic carbocycles. The van der Waals surface area contributed by atoms with Crippen LogP contribution in [-0.2, 0) is 0 Å². The van der Waals surface area contributed by atoms with Gasteiger partial charge in [-0.3, -0.25) is 9.89 Å². The molecule has 1 saturated heterocycles. The van der Waals surface area contributed by atoms with Crippen LogP contribution >= 0.6 is 0 Å². The molecule has 1 unspecified atom stereocenters. The summed E-state index contributed by atoms with van der Waals surface area (Å²) in [5.41, 5.74) is 0.463. The van der Waals surface area contributed by atoms with Crippen LogP contribution < -0.4 is 10.6 Å². The third-order valence-electron chi connectivity index (χ3n) is 6.37. The van der Waals surface area contributed by atoms with Gasteiger partial charge in [0.05, 0.1) is 0 Å². The van der Waals surface area contributed by atoms with Crippen LogP contribution in [0.25, 0.3) is 0 Å². The Kier molecular flexibility index (Phi) is 8.50. The summed E-state index contributed by atoms with van der Waals surface area (Å²) in [6, 6.07) is 0.550. The van der Waals surface area contributed by atoms with E-state index in [0.717, 1.165) is 25.6 Å². The summed E-state index contributed by atoms with van der Waals surface area (Å²) in [5.74, 6) is 1.00. The molecule has 5 heteroatoms. The highest BCUT2D eigenvalue weighted by atomic mass is 15.3. The molecule has 0 bridgehead atoms. The van der Waals surface area contributed by atoms with E-state index in [1.165, 1.54) is 64.8 Å². The van der Waals surface area contributed by atoms with Gasteiger partial charge < -0.3 is 15.5 Å². The second-order valence-corrected chi connectivity index (χ2v) is 7.96. The number of hydrogen-bond acceptors (Lipinski definition) is 3. The number of piperazine rings is 1. The first-order chi connectivity index (χ1) is 12.1. The third-order valence-corrected chi connectivity index (χ3v) is 6.37. The summed E-state index contributed by atoms with van der Waals surface area (Å²) in [6.07, 6.45) is 6.73. The maximum absolute atomic E-state index is 4.95. The zero-order chi connectivity index (χ0) is 18.1. The minimum atomic E-state index is 0.463. The molecule has 0 aromatic rings. The lowest BCUT2D eigenvalue weighted by molar-refractivity contribution is 0.107. The molecule has 1 saturated carbocycles. The monoisotopic (exact) mass is 351 g/mol. The van der Waals surface area contributed by atoms with Crippen LogP contribution in [0.3, 0.4) is 0 Å². The Bertz CT molecular complexity index is 395. The largest absolute Gasteiger partial charge is 0.357 e. The van der Waals surface area contributed by atoms with Crippen molar-refractivity contribution >= 4 is 5.96 Å². The minimum absolute atomic E-state index is 0.463. The number of likely N-dealkylation sites (N-methyl/N-ethyl adjacent to an activating group) is 1. The van der Waals surface area contributed by atoms with Gasteiger partial charge in [-0.25, -0.2) is 0 Å². The van der Waals surface area contributed by atoms with E-state index in [1.54, 1.807) is 0 Å². The van der Waals surface area contributed by atoms with Crippen molar-refractivity contribution in [3.63, 3.8) is 0 Å². The van der Waals surface area contributed by atoms with Gasteiger partial charge in [-0.2, -0.15) is 0 Å². The predicted octanol–water partition coefficient (Wildman–Crippen LogP) is 2.54. The van der Waals surface area contributed by atoms with Crippen molar-refractivity contribution in [1.82, 2.24) is 20.4 Å². The Morgan fingerprint density at radius 2 is 1.72 bits per heavy atom. The molecule has 2 aliphatic rings. The van der Waals surface area contributed by atoms with Crippen molar-refractivity contribution in [1.29, 1.82) is 0 Å². The summed E-state index contributed by atoms with van der Waals surface area (Å²) in [4.78, 5) is 10.1. The van der Waals surface area contributed by atoms with Gasteiger partial charge >= 0.3 is 0 Å². The zero-order valence-corrected chi connectivity index (χ0v) is 17.1. The molecule has 25 heavy (non-hydrogen) atoms. The highest BCUT2D eigenvalue weighted by Crippen LogP contribution is 2.41. The van der Waals surface area contributed by atoms with Gasteiger partial charge in [0.25, 0.3) is 0 Å². The molecule has 0 amide bonds. The van der Waals surface area contributed by atoms with Crippen LogP contribution in [0.4, 0.5) is 0 Å². The number of aliphatic imine (C=N–C) groups is 1. The fourth-order valence-electron chi connectivity index (χ4n) is 4.23. The van der Waals surface area contributed by atoms with Crippen molar-refractivity contribution in [2.45, 2.75) is 65.8 Å². The molecule has 2 rings (SSSR count). The van der Waals surface area contributed by atoms with Crippen LogP contribution in [0, 0.1) is 5.41 Å². The first kappa shape index (κ1) is 20.5. The van der Waals surface area contributed by atoms with Crippen molar-refractivity contribution in [2.75, 3.05) is 52.4 Å². The molecule has 0 spiro atoms. The smallest absolute Gasteiger partial charge is 0.191 e. The average Bonchev–Trinajstić information content (AvgIpc) is 3.13. The Hall–Kier alpha value is -0.810. The topological polar surface area (TPSA) is 42.9 Å². The van der Waals surface area contributed by atoms with Crippen LogP contribution in [0.1, 0.15) is 59.8 Å². The SMILES string of the molecule is CCNC(=NCC1(CC)CCCC1)NCC(C)N1CCN(CC)CC1. The molecule has 1 atom stereocenters. The van der Waals surface area contributed by atoms with Crippen molar-refractivity contribution < 1.29 is 0 Å². The number of rotatable bonds is 8. The maximum atomic E-state index is 4.95. The van der Waals surface area contributed by atoms with Gasteiger partial charge in [-0.05, 0) is 45.1 Å². The summed E-state index contributed by atoms with van der Waals surface area (Å²) < 4.78 is 0. The molecule has 1 heterocycles. The molecule has 2 N–H and O–H groups in total. The lowest BCUT2D eigenvalue weighted by atomic mass is 9.84. The molecule has 1 aliphatic heterocycles. The number of nitrogens with zero attached hydrogens (tertiary/aromatic N) is 3. The van der Waals surface area contributed by atoms with Gasteiger partial charge in [0.1, 0.15) is 0 Å². The predicted molar refractivity (Wildman–Crippen MR) is 108 cm³/mol. The summed E-state index contributed by atoms with van der Waals surface area (Å²) in [6.45, 7) is 17.9. The Balaban J connectivity index is 1.81. The highest BCUT2D eigenvalue weighted by Gasteiger charge is 2.31. The van der Waals surface area contributed by atoms with Gasteiger partial charge in [-0.15, -0.1) is 0 Å². The first-order valence-corrected chi connectivity index (χ1v) is 10.6. The molecule has 0 aromatic heterocycles. The summed E-state index contributed by atoms with van der Waals surface area (Å²) in [7, 11) is 0. The fraction of sp³-hybridized carbons (Fsp3) is 0.950. The van der Waals surface area contributed by atoms with Crippen molar-refractivity contribution in [3.8, 4) is 0 Å². The molecule has 0 radical (unpaired) electrons. The normalized spacial score (nSPS) is 23.6. The van der Waals surface area contributed by atoms with Crippen LogP contribution in [0.2, 0.25) is 0 Å². The number of nitrogens with one attached hydrogen (secondary N) is 2.